The molecule has 0 saturated heterocycles. The Morgan fingerprint density at radius 3 is 2.65 bits per heavy atom. The summed E-state index contributed by atoms with van der Waals surface area (Å²) < 4.78 is 0. The van der Waals surface area contributed by atoms with Crippen molar-refractivity contribution in [3.63, 3.8) is 0 Å². The van der Waals surface area contributed by atoms with Gasteiger partial charge in [0, 0.05) is 11.8 Å². The monoisotopic (exact) mass is 316 g/mol. The zero-order valence-electron chi connectivity index (χ0n) is 14.4. The Labute approximate surface area is 138 Å². The largest absolute Gasteiger partial charge is 0.481 e. The van der Waals surface area contributed by atoms with Gasteiger partial charge < -0.3 is 5.11 Å². The van der Waals surface area contributed by atoms with E-state index < -0.39 is 11.4 Å². The number of carboxylic acid groups (broad SMARTS) is 1. The highest BCUT2D eigenvalue weighted by atomic mass is 16.4. The van der Waals surface area contributed by atoms with E-state index in [0.29, 0.717) is 30.5 Å². The van der Waals surface area contributed by atoms with Gasteiger partial charge in [-0.05, 0) is 68.6 Å². The van der Waals surface area contributed by atoms with E-state index >= 15 is 0 Å². The van der Waals surface area contributed by atoms with Crippen molar-refractivity contribution in [2.75, 3.05) is 0 Å². The van der Waals surface area contributed by atoms with Crippen molar-refractivity contribution in [1.29, 1.82) is 0 Å². The van der Waals surface area contributed by atoms with Gasteiger partial charge in [0.25, 0.3) is 0 Å². The van der Waals surface area contributed by atoms with Gasteiger partial charge >= 0.3 is 5.97 Å². The third-order valence-corrected chi connectivity index (χ3v) is 8.41. The number of ketones is 1. The number of aliphatic carboxylic acids is 1. The van der Waals surface area contributed by atoms with Crippen LogP contribution in [0.25, 0.3) is 0 Å². The second kappa shape index (κ2) is 4.49. The average Bonchev–Trinajstić information content (AvgIpc) is 2.73. The van der Waals surface area contributed by atoms with Crippen LogP contribution in [0.4, 0.5) is 0 Å². The molecule has 6 atom stereocenters. The van der Waals surface area contributed by atoms with Gasteiger partial charge in [0.1, 0.15) is 5.78 Å². The van der Waals surface area contributed by atoms with Crippen LogP contribution < -0.4 is 0 Å². The highest BCUT2D eigenvalue weighted by Crippen LogP contribution is 2.70. The summed E-state index contributed by atoms with van der Waals surface area (Å²) in [6.45, 7) is 8.45. The maximum atomic E-state index is 13.2. The molecule has 0 radical (unpaired) electrons. The minimum atomic E-state index is -0.739. The predicted octanol–water partition coefficient (Wildman–Crippen LogP) is 4.22. The minimum absolute atomic E-state index is 0.00482. The van der Waals surface area contributed by atoms with Gasteiger partial charge in [-0.3, -0.25) is 9.59 Å². The third kappa shape index (κ3) is 1.71. The molecular weight excluding hydrogens is 288 g/mol. The van der Waals surface area contributed by atoms with Gasteiger partial charge in [-0.2, -0.15) is 0 Å². The lowest BCUT2D eigenvalue weighted by atomic mass is 9.40. The molecule has 1 N–H and O–H groups in total. The van der Waals surface area contributed by atoms with E-state index in [9.17, 15) is 14.7 Å². The van der Waals surface area contributed by atoms with Gasteiger partial charge in [-0.25, -0.2) is 0 Å². The van der Waals surface area contributed by atoms with Crippen molar-refractivity contribution < 1.29 is 14.7 Å². The van der Waals surface area contributed by atoms with Gasteiger partial charge in [0.15, 0.2) is 0 Å². The summed E-state index contributed by atoms with van der Waals surface area (Å²) in [7, 11) is 0. The first-order chi connectivity index (χ1) is 10.7. The smallest absolute Gasteiger partial charge is 0.309 e. The Bertz CT molecular complexity index is 608. The summed E-state index contributed by atoms with van der Waals surface area (Å²) in [4.78, 5) is 25.3. The molecule has 4 aliphatic rings. The topological polar surface area (TPSA) is 54.4 Å². The molecule has 1 spiro atoms. The summed E-state index contributed by atoms with van der Waals surface area (Å²) in [6, 6.07) is 0. The molecule has 0 amide bonds. The molecule has 3 heteroatoms. The van der Waals surface area contributed by atoms with Crippen LogP contribution in [0.3, 0.4) is 0 Å². The Morgan fingerprint density at radius 1 is 1.22 bits per heavy atom. The highest BCUT2D eigenvalue weighted by Gasteiger charge is 2.68. The lowest BCUT2D eigenvalue weighted by Crippen LogP contribution is -2.61. The Morgan fingerprint density at radius 2 is 1.96 bits per heavy atom. The van der Waals surface area contributed by atoms with E-state index in [-0.39, 0.29) is 16.7 Å². The van der Waals surface area contributed by atoms with Gasteiger partial charge in [-0.15, -0.1) is 0 Å². The molecule has 0 aromatic carbocycles. The molecule has 0 aliphatic heterocycles. The molecule has 4 fully saturated rings. The van der Waals surface area contributed by atoms with Crippen LogP contribution in [0.15, 0.2) is 12.2 Å². The molecule has 0 heterocycles. The van der Waals surface area contributed by atoms with Crippen molar-refractivity contribution in [1.82, 2.24) is 0 Å². The molecule has 4 saturated carbocycles. The number of allylic oxidation sites excluding steroid dienone is 1. The number of carboxylic acids is 1. The third-order valence-electron chi connectivity index (χ3n) is 8.41. The Hall–Kier alpha value is -1.12. The molecule has 0 aromatic heterocycles. The van der Waals surface area contributed by atoms with E-state index in [2.05, 4.69) is 13.5 Å². The summed E-state index contributed by atoms with van der Waals surface area (Å²) in [6.07, 6.45) is 7.32. The van der Waals surface area contributed by atoms with Crippen molar-refractivity contribution >= 4 is 11.8 Å². The fourth-order valence-corrected chi connectivity index (χ4v) is 7.22. The average molecular weight is 316 g/mol. The van der Waals surface area contributed by atoms with E-state index in [4.69, 9.17) is 0 Å². The number of fused-ring (bicyclic) bond motifs is 3. The fraction of sp³-hybridized carbons (Fsp3) is 0.800. The fourth-order valence-electron chi connectivity index (χ4n) is 7.22. The number of carbonyl (C=O) groups excluding carboxylic acids is 1. The van der Waals surface area contributed by atoms with Gasteiger partial charge in [0.2, 0.25) is 0 Å². The quantitative estimate of drug-likeness (QED) is 0.737. The van der Waals surface area contributed by atoms with E-state index in [1.54, 1.807) is 0 Å². The number of Topliss-reactive ketones (excluding diaryl/α,β-unsaturated/α-hetero) is 1. The number of carbonyl (C=O) groups is 2. The van der Waals surface area contributed by atoms with Crippen LogP contribution in [-0.2, 0) is 9.59 Å². The number of hydrogen-bond acceptors (Lipinski definition) is 2. The molecule has 23 heavy (non-hydrogen) atoms. The maximum Gasteiger partial charge on any atom is 0.309 e. The lowest BCUT2D eigenvalue weighted by molar-refractivity contribution is -0.184. The van der Waals surface area contributed by atoms with E-state index in [0.717, 1.165) is 38.5 Å². The predicted molar refractivity (Wildman–Crippen MR) is 87.8 cm³/mol. The van der Waals surface area contributed by atoms with Gasteiger partial charge in [-0.1, -0.05) is 25.5 Å². The van der Waals surface area contributed by atoms with Crippen LogP contribution in [-0.4, -0.2) is 16.9 Å². The summed E-state index contributed by atoms with van der Waals surface area (Å²) >= 11 is 0. The van der Waals surface area contributed by atoms with Gasteiger partial charge in [0.05, 0.1) is 5.41 Å². The Balaban J connectivity index is 1.81. The number of rotatable bonds is 1. The van der Waals surface area contributed by atoms with E-state index in [1.165, 1.54) is 5.57 Å². The van der Waals surface area contributed by atoms with Crippen LogP contribution in [0.1, 0.15) is 65.2 Å². The molecule has 0 aromatic rings. The highest BCUT2D eigenvalue weighted by molar-refractivity contribution is 5.89. The summed E-state index contributed by atoms with van der Waals surface area (Å²) in [5.41, 5.74) is 0.327. The standard InChI is InChI=1S/C20H28O3/c1-12-10-20-11-13(12)5-6-14(20)18(2)7-4-8-19(3,17(22)23)15(18)9-16(20)21/h13-15H,1,4-11H2,2-3H3,(H,22,23)/t13-,14+,15-,18+,19-,20+/m1/s1. The number of hydrogen-bond donors (Lipinski definition) is 1. The van der Waals surface area contributed by atoms with E-state index in [1.807, 2.05) is 6.92 Å². The first-order valence-electron chi connectivity index (χ1n) is 9.18. The second-order valence-corrected chi connectivity index (χ2v) is 9.28. The normalized spacial score (nSPS) is 52.0. The van der Waals surface area contributed by atoms with Crippen molar-refractivity contribution in [2.45, 2.75) is 65.2 Å². The van der Waals surface area contributed by atoms with Crippen LogP contribution in [0.2, 0.25) is 0 Å². The zero-order valence-corrected chi connectivity index (χ0v) is 14.4. The zero-order chi connectivity index (χ0) is 16.6. The minimum Gasteiger partial charge on any atom is -0.481 e. The maximum absolute atomic E-state index is 13.2. The second-order valence-electron chi connectivity index (χ2n) is 9.28. The molecule has 3 nitrogen and oxygen atoms in total. The van der Waals surface area contributed by atoms with Crippen molar-refractivity contribution in [2.24, 2.45) is 34.0 Å². The first-order valence-corrected chi connectivity index (χ1v) is 9.18. The molecule has 4 aliphatic carbocycles. The summed E-state index contributed by atoms with van der Waals surface area (Å²) in [5, 5.41) is 9.88. The SMILES string of the molecule is C=C1C[C@]23C[C@H]1CC[C@H]2[C@]1(C)CCC[C@@](C)(C(=O)O)[C@@H]1CC3=O. The molecule has 0 unspecified atom stereocenters. The van der Waals surface area contributed by atoms with Crippen molar-refractivity contribution in [3.8, 4) is 0 Å². The van der Waals surface area contributed by atoms with Crippen LogP contribution >= 0.6 is 0 Å². The molecule has 4 rings (SSSR count). The van der Waals surface area contributed by atoms with Crippen molar-refractivity contribution in [3.05, 3.63) is 12.2 Å². The molecule has 126 valence electrons. The molecular formula is C20H28O3. The lowest BCUT2D eigenvalue weighted by Gasteiger charge is -2.62. The van der Waals surface area contributed by atoms with Crippen LogP contribution in [0, 0.1) is 34.0 Å². The Kier molecular flexibility index (Phi) is 3.01. The summed E-state index contributed by atoms with van der Waals surface area (Å²) in [5.74, 6) is 0.528. The molecule has 2 bridgehead atoms. The first kappa shape index (κ1) is 15.4. The van der Waals surface area contributed by atoms with Crippen LogP contribution in [0.5, 0.6) is 0 Å².